The van der Waals surface area contributed by atoms with Crippen LogP contribution in [0.15, 0.2) is 42.6 Å². The van der Waals surface area contributed by atoms with Crippen molar-refractivity contribution in [3.05, 3.63) is 58.9 Å². The van der Waals surface area contributed by atoms with Gasteiger partial charge in [0.15, 0.2) is 0 Å². The molecule has 0 aliphatic carbocycles. The molecule has 1 N–H and O–H groups in total. The third kappa shape index (κ3) is 3.71. The molecule has 0 radical (unpaired) electrons. The molecule has 5 heteroatoms. The highest BCUT2D eigenvalue weighted by molar-refractivity contribution is 6.32. The minimum atomic E-state index is -0.176. The summed E-state index contributed by atoms with van der Waals surface area (Å²) < 4.78 is 5.09. The molecule has 2 aromatic rings. The maximum absolute atomic E-state index is 11.8. The quantitative estimate of drug-likeness (QED) is 0.921. The molecule has 0 unspecified atom stereocenters. The average Bonchev–Trinajstić information content (AvgIpc) is 2.48. The fourth-order valence-corrected chi connectivity index (χ4v) is 2.05. The van der Waals surface area contributed by atoms with E-state index in [0.717, 1.165) is 5.56 Å². The van der Waals surface area contributed by atoms with E-state index in [2.05, 4.69) is 10.3 Å². The Bertz CT molecular complexity index is 588. The van der Waals surface area contributed by atoms with Gasteiger partial charge in [0.05, 0.1) is 12.1 Å². The van der Waals surface area contributed by atoms with Crippen molar-refractivity contribution in [2.75, 3.05) is 13.7 Å². The van der Waals surface area contributed by atoms with Crippen LogP contribution in [0.4, 0.5) is 0 Å². The lowest BCUT2D eigenvalue weighted by molar-refractivity contribution is 0.0949. The Labute approximate surface area is 122 Å². The number of methoxy groups -OCH3 is 1. The van der Waals surface area contributed by atoms with Crippen molar-refractivity contribution in [1.82, 2.24) is 10.3 Å². The van der Waals surface area contributed by atoms with Gasteiger partial charge in [0, 0.05) is 12.7 Å². The maximum Gasteiger partial charge on any atom is 0.269 e. The van der Waals surface area contributed by atoms with Gasteiger partial charge in [-0.05, 0) is 36.2 Å². The lowest BCUT2D eigenvalue weighted by Gasteiger charge is -2.07. The molecule has 0 fully saturated rings. The summed E-state index contributed by atoms with van der Waals surface area (Å²) in [6.07, 6.45) is 2.29. The van der Waals surface area contributed by atoms with Gasteiger partial charge < -0.3 is 10.1 Å². The van der Waals surface area contributed by atoms with E-state index in [1.54, 1.807) is 31.5 Å². The van der Waals surface area contributed by atoms with Gasteiger partial charge in [-0.3, -0.25) is 9.78 Å². The first-order chi connectivity index (χ1) is 9.70. The zero-order valence-corrected chi connectivity index (χ0v) is 11.9. The minimum Gasteiger partial charge on any atom is -0.495 e. The summed E-state index contributed by atoms with van der Waals surface area (Å²) in [5.74, 6) is 0.471. The predicted molar refractivity (Wildman–Crippen MR) is 78.3 cm³/mol. The van der Waals surface area contributed by atoms with E-state index < -0.39 is 0 Å². The third-order valence-corrected chi connectivity index (χ3v) is 3.11. The summed E-state index contributed by atoms with van der Waals surface area (Å²) >= 11 is 6.04. The highest BCUT2D eigenvalue weighted by Crippen LogP contribution is 2.24. The van der Waals surface area contributed by atoms with Crippen LogP contribution in [0.3, 0.4) is 0 Å². The second-order valence-electron chi connectivity index (χ2n) is 4.19. The first-order valence-electron chi connectivity index (χ1n) is 6.22. The number of amides is 1. The summed E-state index contributed by atoms with van der Waals surface area (Å²) in [5.41, 5.74) is 1.46. The Morgan fingerprint density at radius 3 is 2.85 bits per heavy atom. The van der Waals surface area contributed by atoms with E-state index in [9.17, 15) is 4.79 Å². The molecule has 4 nitrogen and oxygen atoms in total. The minimum absolute atomic E-state index is 0.176. The number of aromatic nitrogens is 1. The van der Waals surface area contributed by atoms with Crippen molar-refractivity contribution in [3.8, 4) is 5.75 Å². The molecule has 0 saturated carbocycles. The van der Waals surface area contributed by atoms with E-state index in [4.69, 9.17) is 16.3 Å². The van der Waals surface area contributed by atoms with Crippen molar-refractivity contribution in [2.45, 2.75) is 6.42 Å². The number of hydrogen-bond acceptors (Lipinski definition) is 3. The molecule has 0 atom stereocenters. The van der Waals surface area contributed by atoms with Crippen LogP contribution in [0.2, 0.25) is 5.02 Å². The molecule has 20 heavy (non-hydrogen) atoms. The number of nitrogens with one attached hydrogen (secondary N) is 1. The second-order valence-corrected chi connectivity index (χ2v) is 4.60. The molecular formula is C15H15ClN2O2. The number of carbonyl (C=O) groups excluding carboxylic acids is 1. The number of carbonyl (C=O) groups is 1. The Hall–Kier alpha value is -2.07. The largest absolute Gasteiger partial charge is 0.495 e. The van der Waals surface area contributed by atoms with Gasteiger partial charge >= 0.3 is 0 Å². The van der Waals surface area contributed by atoms with Crippen molar-refractivity contribution >= 4 is 17.5 Å². The van der Waals surface area contributed by atoms with Crippen molar-refractivity contribution < 1.29 is 9.53 Å². The number of nitrogens with zero attached hydrogens (tertiary/aromatic N) is 1. The summed E-state index contributed by atoms with van der Waals surface area (Å²) in [4.78, 5) is 15.8. The Kier molecular flexibility index (Phi) is 4.96. The Morgan fingerprint density at radius 1 is 1.35 bits per heavy atom. The number of hydrogen-bond donors (Lipinski definition) is 1. The lowest BCUT2D eigenvalue weighted by atomic mass is 10.1. The topological polar surface area (TPSA) is 51.2 Å². The zero-order valence-electron chi connectivity index (χ0n) is 11.1. The molecule has 0 saturated heterocycles. The molecule has 2 rings (SSSR count). The van der Waals surface area contributed by atoms with Crippen LogP contribution in [0.25, 0.3) is 0 Å². The molecule has 0 aliphatic rings. The van der Waals surface area contributed by atoms with E-state index in [0.29, 0.717) is 29.4 Å². The van der Waals surface area contributed by atoms with E-state index in [-0.39, 0.29) is 5.91 Å². The molecule has 0 aliphatic heterocycles. The number of halogens is 1. The van der Waals surface area contributed by atoms with E-state index >= 15 is 0 Å². The Balaban J connectivity index is 1.87. The van der Waals surface area contributed by atoms with Crippen LogP contribution in [0.5, 0.6) is 5.75 Å². The smallest absolute Gasteiger partial charge is 0.269 e. The standard InChI is InChI=1S/C15H15ClN2O2/c1-20-14-6-5-11(10-12(14)16)7-9-18-15(19)13-4-2-3-8-17-13/h2-6,8,10H,7,9H2,1H3,(H,18,19). The van der Waals surface area contributed by atoms with Crippen LogP contribution in [0, 0.1) is 0 Å². The SMILES string of the molecule is COc1ccc(CCNC(=O)c2ccccn2)cc1Cl. The van der Waals surface area contributed by atoms with E-state index in [1.807, 2.05) is 18.2 Å². The molecule has 104 valence electrons. The summed E-state index contributed by atoms with van der Waals surface area (Å²) in [5, 5.41) is 3.39. The van der Waals surface area contributed by atoms with Gasteiger partial charge in [0.1, 0.15) is 11.4 Å². The zero-order chi connectivity index (χ0) is 14.4. The highest BCUT2D eigenvalue weighted by atomic mass is 35.5. The lowest BCUT2D eigenvalue weighted by Crippen LogP contribution is -2.26. The highest BCUT2D eigenvalue weighted by Gasteiger charge is 2.06. The number of ether oxygens (including phenoxy) is 1. The first-order valence-corrected chi connectivity index (χ1v) is 6.60. The number of rotatable bonds is 5. The van der Waals surface area contributed by atoms with E-state index in [1.165, 1.54) is 0 Å². The third-order valence-electron chi connectivity index (χ3n) is 2.81. The van der Waals surface area contributed by atoms with Gasteiger partial charge in [-0.15, -0.1) is 0 Å². The van der Waals surface area contributed by atoms with Crippen LogP contribution in [-0.2, 0) is 6.42 Å². The molecular weight excluding hydrogens is 276 g/mol. The maximum atomic E-state index is 11.8. The van der Waals surface area contributed by atoms with Gasteiger partial charge in [-0.25, -0.2) is 0 Å². The molecule has 1 aromatic heterocycles. The fourth-order valence-electron chi connectivity index (χ4n) is 1.77. The summed E-state index contributed by atoms with van der Waals surface area (Å²) in [6.45, 7) is 0.526. The van der Waals surface area contributed by atoms with Crippen molar-refractivity contribution in [2.24, 2.45) is 0 Å². The van der Waals surface area contributed by atoms with Crippen molar-refractivity contribution in [3.63, 3.8) is 0 Å². The molecule has 0 bridgehead atoms. The number of pyridine rings is 1. The van der Waals surface area contributed by atoms with Gasteiger partial charge in [-0.1, -0.05) is 23.7 Å². The summed E-state index contributed by atoms with van der Waals surface area (Å²) in [6, 6.07) is 10.8. The number of benzene rings is 1. The fraction of sp³-hybridized carbons (Fsp3) is 0.200. The molecule has 0 spiro atoms. The first kappa shape index (κ1) is 14.3. The second kappa shape index (κ2) is 6.91. The van der Waals surface area contributed by atoms with Crippen LogP contribution >= 0.6 is 11.6 Å². The van der Waals surface area contributed by atoms with Crippen LogP contribution in [0.1, 0.15) is 16.1 Å². The van der Waals surface area contributed by atoms with Crippen LogP contribution in [-0.4, -0.2) is 24.5 Å². The molecule has 1 aromatic carbocycles. The molecule has 1 heterocycles. The van der Waals surface area contributed by atoms with Gasteiger partial charge in [0.25, 0.3) is 5.91 Å². The normalized spacial score (nSPS) is 10.1. The Morgan fingerprint density at radius 2 is 2.20 bits per heavy atom. The molecule has 1 amide bonds. The van der Waals surface area contributed by atoms with Crippen LogP contribution < -0.4 is 10.1 Å². The van der Waals surface area contributed by atoms with Gasteiger partial charge in [0.2, 0.25) is 0 Å². The summed E-state index contributed by atoms with van der Waals surface area (Å²) in [7, 11) is 1.58. The van der Waals surface area contributed by atoms with Crippen molar-refractivity contribution in [1.29, 1.82) is 0 Å². The average molecular weight is 291 g/mol. The monoisotopic (exact) mass is 290 g/mol. The van der Waals surface area contributed by atoms with Gasteiger partial charge in [-0.2, -0.15) is 0 Å². The predicted octanol–water partition coefficient (Wildman–Crippen LogP) is 2.72.